The van der Waals surface area contributed by atoms with Crippen LogP contribution >= 0.6 is 0 Å². The molecule has 0 saturated carbocycles. The summed E-state index contributed by atoms with van der Waals surface area (Å²) in [5, 5.41) is 4.27. The van der Waals surface area contributed by atoms with Crippen LogP contribution in [0.3, 0.4) is 0 Å². The lowest BCUT2D eigenvalue weighted by atomic mass is 9.97. The highest BCUT2D eigenvalue weighted by atomic mass is 19.1. The predicted octanol–water partition coefficient (Wildman–Crippen LogP) is 2.81. The Bertz CT molecular complexity index is 608. The van der Waals surface area contributed by atoms with Gasteiger partial charge in [-0.2, -0.15) is 0 Å². The molecule has 0 aliphatic carbocycles. The summed E-state index contributed by atoms with van der Waals surface area (Å²) < 4.78 is 13.8. The van der Waals surface area contributed by atoms with Crippen LogP contribution < -0.4 is 5.32 Å². The van der Waals surface area contributed by atoms with Crippen molar-refractivity contribution in [2.45, 2.75) is 19.4 Å². The maximum absolute atomic E-state index is 13.8. The first-order valence-electron chi connectivity index (χ1n) is 7.65. The van der Waals surface area contributed by atoms with Crippen molar-refractivity contribution in [3.63, 3.8) is 0 Å². The number of piperidine rings is 1. The fourth-order valence-electron chi connectivity index (χ4n) is 3.21. The SMILES string of the molecule is CN(Cc1cc(F)cc2cccnc12)CC1CCNCC1. The third-order valence-corrected chi connectivity index (χ3v) is 4.22. The minimum absolute atomic E-state index is 0.180. The predicted molar refractivity (Wildman–Crippen MR) is 83.6 cm³/mol. The summed E-state index contributed by atoms with van der Waals surface area (Å²) in [6.07, 6.45) is 4.23. The minimum atomic E-state index is -0.180. The monoisotopic (exact) mass is 287 g/mol. The number of benzene rings is 1. The van der Waals surface area contributed by atoms with Crippen LogP contribution in [0, 0.1) is 11.7 Å². The average Bonchev–Trinajstić information content (AvgIpc) is 2.48. The lowest BCUT2D eigenvalue weighted by molar-refractivity contribution is 0.235. The van der Waals surface area contributed by atoms with Crippen LogP contribution in [0.2, 0.25) is 0 Å². The summed E-state index contributed by atoms with van der Waals surface area (Å²) in [7, 11) is 2.11. The van der Waals surface area contributed by atoms with Gasteiger partial charge >= 0.3 is 0 Å². The Morgan fingerprint density at radius 1 is 1.33 bits per heavy atom. The molecule has 4 heteroatoms. The Morgan fingerprint density at radius 3 is 2.95 bits per heavy atom. The summed E-state index contributed by atoms with van der Waals surface area (Å²) >= 11 is 0. The van der Waals surface area contributed by atoms with Crippen LogP contribution in [-0.2, 0) is 6.54 Å². The molecule has 1 saturated heterocycles. The second kappa shape index (κ2) is 6.50. The Kier molecular flexibility index (Phi) is 4.46. The van der Waals surface area contributed by atoms with Crippen molar-refractivity contribution in [1.29, 1.82) is 0 Å². The van der Waals surface area contributed by atoms with Crippen molar-refractivity contribution in [2.75, 3.05) is 26.7 Å². The van der Waals surface area contributed by atoms with Gasteiger partial charge in [-0.15, -0.1) is 0 Å². The van der Waals surface area contributed by atoms with E-state index in [-0.39, 0.29) is 5.82 Å². The number of hydrogen-bond acceptors (Lipinski definition) is 3. The lowest BCUT2D eigenvalue weighted by Gasteiger charge is -2.27. The lowest BCUT2D eigenvalue weighted by Crippen LogP contribution is -2.34. The van der Waals surface area contributed by atoms with E-state index in [0.717, 1.165) is 48.6 Å². The van der Waals surface area contributed by atoms with E-state index >= 15 is 0 Å². The van der Waals surface area contributed by atoms with Crippen molar-refractivity contribution >= 4 is 10.9 Å². The van der Waals surface area contributed by atoms with Gasteiger partial charge in [0.15, 0.2) is 0 Å². The Hall–Kier alpha value is -1.52. The standard InChI is InChI=1S/C17H22FN3/c1-21(11-13-4-7-19-8-5-13)12-15-10-16(18)9-14-3-2-6-20-17(14)15/h2-3,6,9-10,13,19H,4-5,7-8,11-12H2,1H3. The molecule has 0 radical (unpaired) electrons. The zero-order valence-electron chi connectivity index (χ0n) is 12.5. The first kappa shape index (κ1) is 14.4. The molecule has 21 heavy (non-hydrogen) atoms. The van der Waals surface area contributed by atoms with E-state index in [4.69, 9.17) is 0 Å². The third-order valence-electron chi connectivity index (χ3n) is 4.22. The highest BCUT2D eigenvalue weighted by molar-refractivity contribution is 5.81. The van der Waals surface area contributed by atoms with Gasteiger partial charge in [0.1, 0.15) is 5.82 Å². The number of halogens is 1. The fraction of sp³-hybridized carbons (Fsp3) is 0.471. The van der Waals surface area contributed by atoms with Crippen molar-refractivity contribution in [1.82, 2.24) is 15.2 Å². The molecule has 0 atom stereocenters. The molecule has 1 fully saturated rings. The molecule has 1 aliphatic heterocycles. The second-order valence-corrected chi connectivity index (χ2v) is 6.03. The highest BCUT2D eigenvalue weighted by Gasteiger charge is 2.16. The van der Waals surface area contributed by atoms with Gasteiger partial charge in [-0.3, -0.25) is 4.98 Å². The number of aromatic nitrogens is 1. The molecular formula is C17H22FN3. The van der Waals surface area contributed by atoms with Crippen molar-refractivity contribution < 1.29 is 4.39 Å². The molecular weight excluding hydrogens is 265 g/mol. The summed E-state index contributed by atoms with van der Waals surface area (Å²) in [5.41, 5.74) is 1.89. The minimum Gasteiger partial charge on any atom is -0.317 e. The van der Waals surface area contributed by atoms with Crippen LogP contribution in [0.5, 0.6) is 0 Å². The molecule has 1 aromatic carbocycles. The van der Waals surface area contributed by atoms with E-state index < -0.39 is 0 Å². The molecule has 3 nitrogen and oxygen atoms in total. The fourth-order valence-corrected chi connectivity index (χ4v) is 3.21. The van der Waals surface area contributed by atoms with E-state index in [1.165, 1.54) is 12.8 Å². The summed E-state index contributed by atoms with van der Waals surface area (Å²) in [6.45, 7) is 4.04. The maximum atomic E-state index is 13.8. The van der Waals surface area contributed by atoms with Crippen molar-refractivity contribution in [3.05, 3.63) is 41.8 Å². The van der Waals surface area contributed by atoms with E-state index in [2.05, 4.69) is 22.2 Å². The van der Waals surface area contributed by atoms with Crippen molar-refractivity contribution in [2.24, 2.45) is 5.92 Å². The number of fused-ring (bicyclic) bond motifs is 1. The topological polar surface area (TPSA) is 28.2 Å². The van der Waals surface area contributed by atoms with Gasteiger partial charge in [-0.25, -0.2) is 4.39 Å². The largest absolute Gasteiger partial charge is 0.317 e. The summed E-state index contributed by atoms with van der Waals surface area (Å²) in [5.74, 6) is 0.560. The van der Waals surface area contributed by atoms with E-state index in [9.17, 15) is 4.39 Å². The third kappa shape index (κ3) is 3.57. The molecule has 2 heterocycles. The molecule has 0 amide bonds. The maximum Gasteiger partial charge on any atom is 0.124 e. The number of pyridine rings is 1. The molecule has 0 spiro atoms. The van der Waals surface area contributed by atoms with Crippen LogP contribution in [0.15, 0.2) is 30.5 Å². The highest BCUT2D eigenvalue weighted by Crippen LogP contribution is 2.21. The molecule has 2 aromatic rings. The summed E-state index contributed by atoms with van der Waals surface area (Å²) in [6, 6.07) is 6.94. The average molecular weight is 287 g/mol. The smallest absolute Gasteiger partial charge is 0.124 e. The van der Waals surface area contributed by atoms with Crippen LogP contribution in [0.25, 0.3) is 10.9 Å². The second-order valence-electron chi connectivity index (χ2n) is 6.03. The Morgan fingerprint density at radius 2 is 2.14 bits per heavy atom. The van der Waals surface area contributed by atoms with Gasteiger partial charge in [0.25, 0.3) is 0 Å². The van der Waals surface area contributed by atoms with Crippen LogP contribution in [0.1, 0.15) is 18.4 Å². The van der Waals surface area contributed by atoms with Crippen molar-refractivity contribution in [3.8, 4) is 0 Å². The van der Waals surface area contributed by atoms with Gasteiger partial charge in [-0.1, -0.05) is 6.07 Å². The zero-order chi connectivity index (χ0) is 14.7. The Balaban J connectivity index is 1.74. The molecule has 0 bridgehead atoms. The number of hydrogen-bond donors (Lipinski definition) is 1. The number of nitrogens with one attached hydrogen (secondary N) is 1. The zero-order valence-corrected chi connectivity index (χ0v) is 12.5. The molecule has 1 aromatic heterocycles. The number of rotatable bonds is 4. The van der Waals surface area contributed by atoms with Gasteiger partial charge in [0, 0.05) is 24.7 Å². The van der Waals surface area contributed by atoms with Gasteiger partial charge < -0.3 is 10.2 Å². The molecule has 3 rings (SSSR count). The van der Waals surface area contributed by atoms with E-state index in [1.807, 2.05) is 12.1 Å². The molecule has 0 unspecified atom stereocenters. The molecule has 1 aliphatic rings. The number of nitrogens with zero attached hydrogens (tertiary/aromatic N) is 2. The normalized spacial score (nSPS) is 16.7. The van der Waals surface area contributed by atoms with Gasteiger partial charge in [-0.05, 0) is 62.7 Å². The summed E-state index contributed by atoms with van der Waals surface area (Å²) in [4.78, 5) is 6.71. The molecule has 112 valence electrons. The van der Waals surface area contributed by atoms with E-state index in [0.29, 0.717) is 0 Å². The van der Waals surface area contributed by atoms with Gasteiger partial charge in [0.2, 0.25) is 0 Å². The van der Waals surface area contributed by atoms with E-state index in [1.54, 1.807) is 18.3 Å². The molecule has 1 N–H and O–H groups in total. The van der Waals surface area contributed by atoms with Crippen LogP contribution in [0.4, 0.5) is 4.39 Å². The Labute approximate surface area is 125 Å². The van der Waals surface area contributed by atoms with Crippen LogP contribution in [-0.4, -0.2) is 36.6 Å². The quantitative estimate of drug-likeness (QED) is 0.937. The first-order valence-corrected chi connectivity index (χ1v) is 7.65. The van der Waals surface area contributed by atoms with Gasteiger partial charge in [0.05, 0.1) is 5.52 Å². The first-order chi connectivity index (χ1) is 10.2.